The molecule has 1 saturated heterocycles. The molecule has 0 bridgehead atoms. The quantitative estimate of drug-likeness (QED) is 0.890. The minimum Gasteiger partial charge on any atom is -0.380 e. The predicted molar refractivity (Wildman–Crippen MR) is 69.7 cm³/mol. The molecule has 2 nitrogen and oxygen atoms in total. The third-order valence-corrected chi connectivity index (χ3v) is 3.57. The van der Waals surface area contributed by atoms with Crippen molar-refractivity contribution in [1.82, 2.24) is 4.90 Å². The van der Waals surface area contributed by atoms with Gasteiger partial charge in [0.2, 0.25) is 0 Å². The third-order valence-electron chi connectivity index (χ3n) is 3.57. The molecule has 0 amide bonds. The van der Waals surface area contributed by atoms with Crippen LogP contribution in [-0.4, -0.2) is 30.1 Å². The minimum atomic E-state index is -0.792. The fourth-order valence-corrected chi connectivity index (χ4v) is 2.40. The first-order valence-electron chi connectivity index (χ1n) is 6.52. The first-order chi connectivity index (χ1) is 8.58. The number of piperidine rings is 1. The molecule has 1 aromatic rings. The molecule has 2 rings (SSSR count). The van der Waals surface area contributed by atoms with Crippen LogP contribution in [0.2, 0.25) is 0 Å². The number of nitrogens with one attached hydrogen (secondary N) is 1. The van der Waals surface area contributed by atoms with E-state index in [9.17, 15) is 8.78 Å². The molecule has 0 spiro atoms. The molecule has 4 heteroatoms. The van der Waals surface area contributed by atoms with Crippen LogP contribution in [0.1, 0.15) is 26.7 Å². The minimum absolute atomic E-state index is 0.233. The molecular weight excluding hydrogens is 234 g/mol. The smallest absolute Gasteiger partial charge is 0.181 e. The monoisotopic (exact) mass is 254 g/mol. The van der Waals surface area contributed by atoms with Crippen LogP contribution in [0.15, 0.2) is 18.2 Å². The zero-order valence-electron chi connectivity index (χ0n) is 10.9. The van der Waals surface area contributed by atoms with Crippen molar-refractivity contribution in [2.45, 2.75) is 38.8 Å². The molecule has 0 saturated carbocycles. The fraction of sp³-hybridized carbons (Fsp3) is 0.571. The summed E-state index contributed by atoms with van der Waals surface area (Å²) >= 11 is 0. The van der Waals surface area contributed by atoms with Crippen LogP contribution in [0.25, 0.3) is 0 Å². The molecule has 0 aromatic heterocycles. The van der Waals surface area contributed by atoms with Gasteiger partial charge in [-0.25, -0.2) is 8.78 Å². The van der Waals surface area contributed by atoms with Gasteiger partial charge >= 0.3 is 0 Å². The zero-order valence-corrected chi connectivity index (χ0v) is 10.9. The lowest BCUT2D eigenvalue weighted by molar-refractivity contribution is 0.177. The van der Waals surface area contributed by atoms with Gasteiger partial charge in [-0.15, -0.1) is 0 Å². The molecule has 1 aromatic carbocycles. The van der Waals surface area contributed by atoms with E-state index in [1.807, 2.05) is 0 Å². The van der Waals surface area contributed by atoms with Crippen molar-refractivity contribution < 1.29 is 8.78 Å². The van der Waals surface area contributed by atoms with Gasteiger partial charge in [0.1, 0.15) is 0 Å². The van der Waals surface area contributed by atoms with Crippen molar-refractivity contribution in [3.05, 3.63) is 29.8 Å². The van der Waals surface area contributed by atoms with Gasteiger partial charge in [0.05, 0.1) is 5.69 Å². The molecule has 0 atom stereocenters. The van der Waals surface area contributed by atoms with E-state index in [0.717, 1.165) is 32.0 Å². The summed E-state index contributed by atoms with van der Waals surface area (Å²) in [5.74, 6) is -1.57. The van der Waals surface area contributed by atoms with Gasteiger partial charge in [-0.3, -0.25) is 0 Å². The lowest BCUT2D eigenvalue weighted by Gasteiger charge is -2.35. The van der Waals surface area contributed by atoms with Crippen molar-refractivity contribution in [2.75, 3.05) is 18.4 Å². The first kappa shape index (κ1) is 13.3. The van der Waals surface area contributed by atoms with Crippen molar-refractivity contribution in [3.8, 4) is 0 Å². The third kappa shape index (κ3) is 2.99. The Hall–Kier alpha value is -1.16. The summed E-state index contributed by atoms with van der Waals surface area (Å²) in [4.78, 5) is 2.40. The molecule has 1 fully saturated rings. The second-order valence-corrected chi connectivity index (χ2v) is 5.15. The number of rotatable bonds is 3. The van der Waals surface area contributed by atoms with Gasteiger partial charge in [0.15, 0.2) is 11.6 Å². The van der Waals surface area contributed by atoms with E-state index < -0.39 is 11.6 Å². The Balaban J connectivity index is 1.94. The highest BCUT2D eigenvalue weighted by Crippen LogP contribution is 2.21. The Morgan fingerprint density at radius 3 is 2.50 bits per heavy atom. The maximum atomic E-state index is 13.5. The van der Waals surface area contributed by atoms with Gasteiger partial charge in [-0.1, -0.05) is 6.07 Å². The molecule has 1 N–H and O–H groups in total. The molecule has 1 aliphatic rings. The van der Waals surface area contributed by atoms with Gasteiger partial charge in [0.25, 0.3) is 0 Å². The molecule has 0 radical (unpaired) electrons. The molecule has 100 valence electrons. The van der Waals surface area contributed by atoms with Crippen LogP contribution in [0.4, 0.5) is 14.5 Å². The maximum Gasteiger partial charge on any atom is 0.181 e. The summed E-state index contributed by atoms with van der Waals surface area (Å²) in [5, 5.41) is 3.11. The number of benzene rings is 1. The number of halogens is 2. The Labute approximate surface area is 107 Å². The first-order valence-corrected chi connectivity index (χ1v) is 6.52. The average Bonchev–Trinajstić information content (AvgIpc) is 2.36. The second-order valence-electron chi connectivity index (χ2n) is 5.15. The standard InChI is InChI=1S/C14H20F2N2/c1-10(2)18-8-6-11(7-9-18)17-13-5-3-4-12(15)14(13)16/h3-5,10-11,17H,6-9H2,1-2H3. The fourth-order valence-electron chi connectivity index (χ4n) is 2.40. The Morgan fingerprint density at radius 1 is 1.22 bits per heavy atom. The van der Waals surface area contributed by atoms with Crippen LogP contribution in [0.5, 0.6) is 0 Å². The number of likely N-dealkylation sites (tertiary alicyclic amines) is 1. The van der Waals surface area contributed by atoms with E-state index in [1.54, 1.807) is 6.07 Å². The van der Waals surface area contributed by atoms with Crippen molar-refractivity contribution in [1.29, 1.82) is 0 Å². The number of anilines is 1. The number of hydrogen-bond donors (Lipinski definition) is 1. The highest BCUT2D eigenvalue weighted by molar-refractivity contribution is 5.45. The summed E-state index contributed by atoms with van der Waals surface area (Å²) in [6, 6.07) is 5.05. The molecule has 1 aliphatic heterocycles. The van der Waals surface area contributed by atoms with Crippen molar-refractivity contribution in [3.63, 3.8) is 0 Å². The SMILES string of the molecule is CC(C)N1CCC(Nc2cccc(F)c2F)CC1. The summed E-state index contributed by atoms with van der Waals surface area (Å²) in [7, 11) is 0. The number of nitrogens with zero attached hydrogens (tertiary/aromatic N) is 1. The average molecular weight is 254 g/mol. The van der Waals surface area contributed by atoms with Crippen molar-refractivity contribution >= 4 is 5.69 Å². The van der Waals surface area contributed by atoms with Gasteiger partial charge in [-0.2, -0.15) is 0 Å². The topological polar surface area (TPSA) is 15.3 Å². The van der Waals surface area contributed by atoms with Gasteiger partial charge in [0, 0.05) is 25.2 Å². The summed E-state index contributed by atoms with van der Waals surface area (Å²) < 4.78 is 26.6. The predicted octanol–water partition coefficient (Wildman–Crippen LogP) is 3.25. The lowest BCUT2D eigenvalue weighted by atomic mass is 10.0. The van der Waals surface area contributed by atoms with E-state index in [-0.39, 0.29) is 11.7 Å². The molecule has 1 heterocycles. The van der Waals surface area contributed by atoms with Gasteiger partial charge < -0.3 is 10.2 Å². The van der Waals surface area contributed by atoms with Crippen LogP contribution < -0.4 is 5.32 Å². The van der Waals surface area contributed by atoms with Crippen molar-refractivity contribution in [2.24, 2.45) is 0 Å². The highest BCUT2D eigenvalue weighted by Gasteiger charge is 2.21. The van der Waals surface area contributed by atoms with E-state index in [4.69, 9.17) is 0 Å². The molecular formula is C14H20F2N2. The van der Waals surface area contributed by atoms with Crippen LogP contribution >= 0.6 is 0 Å². The van der Waals surface area contributed by atoms with E-state index in [1.165, 1.54) is 6.07 Å². The largest absolute Gasteiger partial charge is 0.380 e. The Kier molecular flexibility index (Phi) is 4.17. The lowest BCUT2D eigenvalue weighted by Crippen LogP contribution is -2.42. The summed E-state index contributed by atoms with van der Waals surface area (Å²) in [5.41, 5.74) is 0.276. The summed E-state index contributed by atoms with van der Waals surface area (Å²) in [6.07, 6.45) is 1.93. The van der Waals surface area contributed by atoms with Crippen LogP contribution in [0, 0.1) is 11.6 Å². The molecule has 18 heavy (non-hydrogen) atoms. The van der Waals surface area contributed by atoms with E-state index in [0.29, 0.717) is 6.04 Å². The summed E-state index contributed by atoms with van der Waals surface area (Å²) in [6.45, 7) is 6.37. The van der Waals surface area contributed by atoms with E-state index in [2.05, 4.69) is 24.1 Å². The van der Waals surface area contributed by atoms with E-state index >= 15 is 0 Å². The van der Waals surface area contributed by atoms with Gasteiger partial charge in [-0.05, 0) is 38.8 Å². The van der Waals surface area contributed by atoms with Crippen LogP contribution in [0.3, 0.4) is 0 Å². The Morgan fingerprint density at radius 2 is 1.89 bits per heavy atom. The number of hydrogen-bond acceptors (Lipinski definition) is 2. The normalized spacial score (nSPS) is 18.3. The highest BCUT2D eigenvalue weighted by atomic mass is 19.2. The Bertz CT molecular complexity index is 399. The second kappa shape index (κ2) is 5.65. The maximum absolute atomic E-state index is 13.5. The molecule has 0 unspecified atom stereocenters. The zero-order chi connectivity index (χ0) is 13.1. The molecule has 0 aliphatic carbocycles. The van der Waals surface area contributed by atoms with Crippen LogP contribution in [-0.2, 0) is 0 Å².